The Labute approximate surface area is 126 Å². The fraction of sp³-hybridized carbons (Fsp3) is 0.417. The maximum Gasteiger partial charge on any atom is 0.287 e. The number of carbonyl (C=O) groups excluding carboxylic acids is 1. The van der Waals surface area contributed by atoms with Gasteiger partial charge in [0.1, 0.15) is 5.02 Å². The molecule has 0 saturated carbocycles. The lowest BCUT2D eigenvalue weighted by molar-refractivity contribution is -0.384. The van der Waals surface area contributed by atoms with Crippen LogP contribution in [-0.2, 0) is 9.84 Å². The van der Waals surface area contributed by atoms with Gasteiger partial charge in [0.25, 0.3) is 11.6 Å². The molecule has 1 unspecified atom stereocenters. The van der Waals surface area contributed by atoms with Gasteiger partial charge in [-0.25, -0.2) is 8.42 Å². The van der Waals surface area contributed by atoms with Crippen LogP contribution < -0.4 is 5.32 Å². The zero-order valence-electron chi connectivity index (χ0n) is 10.9. The highest BCUT2D eigenvalue weighted by Gasteiger charge is 2.28. The molecule has 1 fully saturated rings. The second-order valence-corrected chi connectivity index (χ2v) is 7.54. The summed E-state index contributed by atoms with van der Waals surface area (Å²) in [7, 11) is -2.98. The third-order valence-electron chi connectivity index (χ3n) is 3.28. The summed E-state index contributed by atoms with van der Waals surface area (Å²) >= 11 is 5.73. The van der Waals surface area contributed by atoms with E-state index in [2.05, 4.69) is 5.32 Å². The summed E-state index contributed by atoms with van der Waals surface area (Å²) in [6, 6.07) is 3.70. The molecule has 7 nitrogen and oxygen atoms in total. The molecule has 1 aromatic rings. The zero-order valence-corrected chi connectivity index (χ0v) is 12.5. The number of amides is 1. The van der Waals surface area contributed by atoms with Crippen molar-refractivity contribution in [3.05, 3.63) is 38.9 Å². The molecule has 0 aliphatic carbocycles. The largest absolute Gasteiger partial charge is 0.352 e. The molecule has 1 aliphatic rings. The van der Waals surface area contributed by atoms with E-state index in [9.17, 15) is 23.3 Å². The summed E-state index contributed by atoms with van der Waals surface area (Å²) in [5, 5.41) is 13.1. The molecule has 1 amide bonds. The average molecular weight is 333 g/mol. The van der Waals surface area contributed by atoms with E-state index in [1.165, 1.54) is 12.1 Å². The zero-order chi connectivity index (χ0) is 15.6. The molecule has 1 aliphatic heterocycles. The van der Waals surface area contributed by atoms with Gasteiger partial charge in [0.15, 0.2) is 9.84 Å². The van der Waals surface area contributed by atoms with Crippen LogP contribution in [0.25, 0.3) is 0 Å². The number of nitro groups is 1. The predicted octanol–water partition coefficient (Wildman–Crippen LogP) is 1.41. The Balaban J connectivity index is 1.98. The van der Waals surface area contributed by atoms with E-state index in [1.54, 1.807) is 0 Å². The number of nitrogens with one attached hydrogen (secondary N) is 1. The molecule has 114 valence electrons. The second-order valence-electron chi connectivity index (χ2n) is 4.90. The number of nitrogens with zero attached hydrogens (tertiary/aromatic N) is 1. The normalized spacial score (nSPS) is 20.1. The minimum Gasteiger partial charge on any atom is -0.352 e. The molecule has 0 radical (unpaired) electrons. The first-order chi connectivity index (χ1) is 9.78. The third-order valence-corrected chi connectivity index (χ3v) is 5.42. The molecule has 1 saturated heterocycles. The molecular weight excluding hydrogens is 320 g/mol. The number of benzene rings is 1. The van der Waals surface area contributed by atoms with Crippen LogP contribution in [0.15, 0.2) is 18.2 Å². The lowest BCUT2D eigenvalue weighted by atomic mass is 10.1. The Morgan fingerprint density at radius 1 is 1.48 bits per heavy atom. The first-order valence-corrected chi connectivity index (χ1v) is 8.41. The van der Waals surface area contributed by atoms with E-state index < -0.39 is 20.7 Å². The van der Waals surface area contributed by atoms with E-state index in [1.807, 2.05) is 0 Å². The Bertz CT molecular complexity index is 689. The Kier molecular flexibility index (Phi) is 4.48. The number of halogens is 1. The van der Waals surface area contributed by atoms with Crippen LogP contribution in [0.3, 0.4) is 0 Å². The van der Waals surface area contributed by atoms with Crippen LogP contribution >= 0.6 is 11.6 Å². The van der Waals surface area contributed by atoms with Crippen molar-refractivity contribution in [3.63, 3.8) is 0 Å². The summed E-state index contributed by atoms with van der Waals surface area (Å²) in [5.74, 6) is -0.297. The number of carbonyl (C=O) groups is 1. The SMILES string of the molecule is O=C(NCC1CCS(=O)(=O)C1)c1ccc([N+](=O)[O-])c(Cl)c1. The van der Waals surface area contributed by atoms with Crippen molar-refractivity contribution >= 4 is 33.0 Å². The fourth-order valence-corrected chi connectivity index (χ4v) is 4.28. The smallest absolute Gasteiger partial charge is 0.287 e. The molecular formula is C12H13ClN2O5S. The van der Waals surface area contributed by atoms with Crippen molar-refractivity contribution < 1.29 is 18.1 Å². The van der Waals surface area contributed by atoms with Crippen LogP contribution in [0.4, 0.5) is 5.69 Å². The highest BCUT2D eigenvalue weighted by atomic mass is 35.5. The molecule has 2 rings (SSSR count). The second kappa shape index (κ2) is 5.98. The lowest BCUT2D eigenvalue weighted by Crippen LogP contribution is -2.29. The first kappa shape index (κ1) is 15.7. The Hall–Kier alpha value is -1.67. The maximum atomic E-state index is 11.9. The number of nitro benzene ring substituents is 1. The van der Waals surface area contributed by atoms with Crippen LogP contribution in [0.2, 0.25) is 5.02 Å². The summed E-state index contributed by atoms with van der Waals surface area (Å²) in [6.45, 7) is 0.257. The Morgan fingerprint density at radius 3 is 2.71 bits per heavy atom. The molecule has 1 heterocycles. The number of sulfone groups is 1. The van der Waals surface area contributed by atoms with Crippen LogP contribution in [0, 0.1) is 16.0 Å². The van der Waals surface area contributed by atoms with E-state index >= 15 is 0 Å². The summed E-state index contributed by atoms with van der Waals surface area (Å²) in [6.07, 6.45) is 0.531. The van der Waals surface area contributed by atoms with Crippen molar-refractivity contribution in [2.24, 2.45) is 5.92 Å². The lowest BCUT2D eigenvalue weighted by Gasteiger charge is -2.09. The van der Waals surface area contributed by atoms with Crippen molar-refractivity contribution in [2.45, 2.75) is 6.42 Å². The topological polar surface area (TPSA) is 106 Å². The molecule has 1 N–H and O–H groups in total. The monoisotopic (exact) mass is 332 g/mol. The molecule has 0 spiro atoms. The van der Waals surface area contributed by atoms with Gasteiger partial charge in [-0.15, -0.1) is 0 Å². The standard InChI is InChI=1S/C12H13ClN2O5S/c13-10-5-9(1-2-11(10)15(17)18)12(16)14-6-8-3-4-21(19,20)7-8/h1-2,5,8H,3-4,6-7H2,(H,14,16). The molecule has 0 bridgehead atoms. The van der Waals surface area contributed by atoms with Crippen molar-refractivity contribution in [1.82, 2.24) is 5.32 Å². The van der Waals surface area contributed by atoms with Gasteiger partial charge in [-0.2, -0.15) is 0 Å². The molecule has 1 aromatic carbocycles. The van der Waals surface area contributed by atoms with Gasteiger partial charge in [-0.3, -0.25) is 14.9 Å². The van der Waals surface area contributed by atoms with Gasteiger partial charge in [0.05, 0.1) is 16.4 Å². The van der Waals surface area contributed by atoms with Gasteiger partial charge in [-0.05, 0) is 24.5 Å². The van der Waals surface area contributed by atoms with E-state index in [-0.39, 0.29) is 40.2 Å². The fourth-order valence-electron chi connectivity index (χ4n) is 2.17. The molecule has 1 atom stereocenters. The van der Waals surface area contributed by atoms with Crippen LogP contribution in [0.1, 0.15) is 16.8 Å². The molecule has 21 heavy (non-hydrogen) atoms. The first-order valence-electron chi connectivity index (χ1n) is 6.21. The van der Waals surface area contributed by atoms with Crippen molar-refractivity contribution in [2.75, 3.05) is 18.1 Å². The highest BCUT2D eigenvalue weighted by molar-refractivity contribution is 7.91. The quantitative estimate of drug-likeness (QED) is 0.662. The van der Waals surface area contributed by atoms with E-state index in [4.69, 9.17) is 11.6 Å². The summed E-state index contributed by atoms with van der Waals surface area (Å²) in [5.41, 5.74) is -0.0680. The number of rotatable bonds is 4. The minimum absolute atomic E-state index is 0.0777. The van der Waals surface area contributed by atoms with E-state index in [0.29, 0.717) is 6.42 Å². The van der Waals surface area contributed by atoms with Gasteiger partial charge in [0, 0.05) is 18.2 Å². The average Bonchev–Trinajstić information content (AvgIpc) is 2.75. The summed E-state index contributed by atoms with van der Waals surface area (Å²) in [4.78, 5) is 21.9. The summed E-state index contributed by atoms with van der Waals surface area (Å²) < 4.78 is 22.6. The van der Waals surface area contributed by atoms with E-state index in [0.717, 1.165) is 6.07 Å². The molecule has 0 aromatic heterocycles. The number of hydrogen-bond donors (Lipinski definition) is 1. The van der Waals surface area contributed by atoms with Gasteiger partial charge < -0.3 is 5.32 Å². The number of hydrogen-bond acceptors (Lipinski definition) is 5. The third kappa shape index (κ3) is 3.92. The minimum atomic E-state index is -2.98. The predicted molar refractivity (Wildman–Crippen MR) is 77.2 cm³/mol. The Morgan fingerprint density at radius 2 is 2.19 bits per heavy atom. The van der Waals surface area contributed by atoms with Gasteiger partial charge >= 0.3 is 0 Å². The maximum absolute atomic E-state index is 11.9. The van der Waals surface area contributed by atoms with Gasteiger partial charge in [0.2, 0.25) is 0 Å². The highest BCUT2D eigenvalue weighted by Crippen LogP contribution is 2.25. The van der Waals surface area contributed by atoms with Crippen molar-refractivity contribution in [1.29, 1.82) is 0 Å². The van der Waals surface area contributed by atoms with Crippen LogP contribution in [0.5, 0.6) is 0 Å². The van der Waals surface area contributed by atoms with Crippen molar-refractivity contribution in [3.8, 4) is 0 Å². The van der Waals surface area contributed by atoms with Gasteiger partial charge in [-0.1, -0.05) is 11.6 Å². The molecule has 9 heteroatoms. The van der Waals surface area contributed by atoms with Crippen LogP contribution in [-0.4, -0.2) is 37.3 Å².